The number of hydrogen-bond acceptors (Lipinski definition) is 2. The molecule has 0 amide bonds. The lowest BCUT2D eigenvalue weighted by molar-refractivity contribution is -0.147. The fourth-order valence-corrected chi connectivity index (χ4v) is 0.925. The smallest absolute Gasteiger partial charge is 0.307 e. The highest BCUT2D eigenvalue weighted by atomic mass is 79.9. The third-order valence-corrected chi connectivity index (χ3v) is 1.74. The molecule has 0 saturated heterocycles. The van der Waals surface area contributed by atoms with Crippen LogP contribution in [0.2, 0.25) is 0 Å². The van der Waals surface area contributed by atoms with Crippen LogP contribution in [0.5, 0.6) is 0 Å². The van der Waals surface area contributed by atoms with Gasteiger partial charge in [0.2, 0.25) is 0 Å². The standard InChI is InChI=1S/C5H7BrO4/c6-2-3(5(9)10)1-4(7)8/h3H,1-2H2,(H,7,8)(H,9,10)/t3-/m1/s1. The van der Waals surface area contributed by atoms with E-state index in [0.717, 1.165) is 0 Å². The summed E-state index contributed by atoms with van der Waals surface area (Å²) in [5, 5.41) is 16.7. The first-order valence-electron chi connectivity index (χ1n) is 2.58. The molecule has 0 saturated carbocycles. The zero-order chi connectivity index (χ0) is 8.15. The lowest BCUT2D eigenvalue weighted by Crippen LogP contribution is -2.18. The summed E-state index contributed by atoms with van der Waals surface area (Å²) in [7, 11) is 0. The SMILES string of the molecule is O=C(O)C[C@H](CBr)C(=O)O. The van der Waals surface area contributed by atoms with E-state index in [1.807, 2.05) is 0 Å². The van der Waals surface area contributed by atoms with E-state index in [9.17, 15) is 9.59 Å². The second-order valence-electron chi connectivity index (χ2n) is 1.79. The molecule has 0 aromatic rings. The Morgan fingerprint density at radius 3 is 2.00 bits per heavy atom. The van der Waals surface area contributed by atoms with Crippen LogP contribution < -0.4 is 0 Å². The Bertz CT molecular complexity index is 145. The molecule has 0 spiro atoms. The summed E-state index contributed by atoms with van der Waals surface area (Å²) in [5.41, 5.74) is 0. The van der Waals surface area contributed by atoms with Gasteiger partial charge in [-0.05, 0) is 0 Å². The average molecular weight is 211 g/mol. The van der Waals surface area contributed by atoms with Gasteiger partial charge < -0.3 is 10.2 Å². The highest BCUT2D eigenvalue weighted by Gasteiger charge is 2.18. The molecule has 1 atom stereocenters. The number of carbonyl (C=O) groups is 2. The Labute approximate surface area is 66.0 Å². The second-order valence-corrected chi connectivity index (χ2v) is 2.43. The number of rotatable bonds is 4. The van der Waals surface area contributed by atoms with E-state index in [2.05, 4.69) is 15.9 Å². The summed E-state index contributed by atoms with van der Waals surface area (Å²) in [4.78, 5) is 20.2. The third kappa shape index (κ3) is 3.45. The minimum atomic E-state index is -1.09. The largest absolute Gasteiger partial charge is 0.481 e. The fourth-order valence-electron chi connectivity index (χ4n) is 0.419. The molecule has 4 nitrogen and oxygen atoms in total. The summed E-state index contributed by atoms with van der Waals surface area (Å²) in [6, 6.07) is 0. The van der Waals surface area contributed by atoms with Gasteiger partial charge in [0.05, 0.1) is 12.3 Å². The zero-order valence-electron chi connectivity index (χ0n) is 5.08. The molecule has 0 heterocycles. The first-order valence-corrected chi connectivity index (χ1v) is 3.70. The van der Waals surface area contributed by atoms with Crippen LogP contribution in [-0.2, 0) is 9.59 Å². The van der Waals surface area contributed by atoms with Gasteiger partial charge in [-0.25, -0.2) is 0 Å². The van der Waals surface area contributed by atoms with Gasteiger partial charge in [-0.3, -0.25) is 9.59 Å². The van der Waals surface area contributed by atoms with Crippen LogP contribution in [0.4, 0.5) is 0 Å². The molecular formula is C5H7BrO4. The van der Waals surface area contributed by atoms with Gasteiger partial charge in [0.15, 0.2) is 0 Å². The van der Waals surface area contributed by atoms with E-state index in [1.165, 1.54) is 0 Å². The number of alkyl halides is 1. The second kappa shape index (κ2) is 4.27. The van der Waals surface area contributed by atoms with E-state index < -0.39 is 17.9 Å². The molecule has 5 heteroatoms. The molecule has 2 N–H and O–H groups in total. The lowest BCUT2D eigenvalue weighted by atomic mass is 10.1. The van der Waals surface area contributed by atoms with E-state index in [0.29, 0.717) is 0 Å². The van der Waals surface area contributed by atoms with Crippen molar-refractivity contribution < 1.29 is 19.8 Å². The van der Waals surface area contributed by atoms with E-state index in [-0.39, 0.29) is 11.8 Å². The number of carboxylic acid groups (broad SMARTS) is 2. The van der Waals surface area contributed by atoms with Gasteiger partial charge in [0.25, 0.3) is 0 Å². The summed E-state index contributed by atoms with van der Waals surface area (Å²) in [6.07, 6.45) is -0.333. The van der Waals surface area contributed by atoms with Gasteiger partial charge in [-0.15, -0.1) is 0 Å². The molecular weight excluding hydrogens is 204 g/mol. The predicted molar refractivity (Wildman–Crippen MR) is 37.2 cm³/mol. The highest BCUT2D eigenvalue weighted by Crippen LogP contribution is 2.06. The number of hydrogen-bond donors (Lipinski definition) is 2. The molecule has 0 radical (unpaired) electrons. The first-order chi connectivity index (χ1) is 4.57. The van der Waals surface area contributed by atoms with Gasteiger partial charge >= 0.3 is 11.9 Å². The van der Waals surface area contributed by atoms with Gasteiger partial charge in [-0.2, -0.15) is 0 Å². The maximum Gasteiger partial charge on any atom is 0.307 e. The van der Waals surface area contributed by atoms with Crippen molar-refractivity contribution in [3.05, 3.63) is 0 Å². The van der Waals surface area contributed by atoms with Gasteiger partial charge in [0.1, 0.15) is 0 Å². The van der Waals surface area contributed by atoms with Gasteiger partial charge in [-0.1, -0.05) is 15.9 Å². The monoisotopic (exact) mass is 210 g/mol. The van der Waals surface area contributed by atoms with E-state index >= 15 is 0 Å². The fraction of sp³-hybridized carbons (Fsp3) is 0.600. The molecule has 0 rings (SSSR count). The number of aliphatic carboxylic acids is 2. The normalized spacial score (nSPS) is 12.5. The van der Waals surface area contributed by atoms with Crippen molar-refractivity contribution in [2.45, 2.75) is 6.42 Å². The van der Waals surface area contributed by atoms with Crippen molar-refractivity contribution in [1.29, 1.82) is 0 Å². The molecule has 0 aliphatic carbocycles. The molecule has 0 aromatic carbocycles. The minimum Gasteiger partial charge on any atom is -0.481 e. The maximum absolute atomic E-state index is 10.2. The van der Waals surface area contributed by atoms with Crippen LogP contribution in [0.1, 0.15) is 6.42 Å². The van der Waals surface area contributed by atoms with E-state index in [1.54, 1.807) is 0 Å². The molecule has 0 unspecified atom stereocenters. The lowest BCUT2D eigenvalue weighted by Gasteiger charge is -2.02. The van der Waals surface area contributed by atoms with Crippen LogP contribution in [0.3, 0.4) is 0 Å². The van der Waals surface area contributed by atoms with Crippen molar-refractivity contribution in [2.24, 2.45) is 5.92 Å². The summed E-state index contributed by atoms with van der Waals surface area (Å²) < 4.78 is 0. The van der Waals surface area contributed by atoms with Crippen LogP contribution in [0.15, 0.2) is 0 Å². The summed E-state index contributed by atoms with van der Waals surface area (Å²) in [6.45, 7) is 0. The molecule has 58 valence electrons. The molecule has 0 aromatic heterocycles. The Morgan fingerprint density at radius 1 is 1.40 bits per heavy atom. The number of carboxylic acids is 2. The van der Waals surface area contributed by atoms with E-state index in [4.69, 9.17) is 10.2 Å². The Balaban J connectivity index is 3.83. The minimum absolute atomic E-state index is 0.175. The van der Waals surface area contributed by atoms with Crippen LogP contribution in [-0.4, -0.2) is 27.5 Å². The van der Waals surface area contributed by atoms with Crippen molar-refractivity contribution in [2.75, 3.05) is 5.33 Å². The quantitative estimate of drug-likeness (QED) is 0.666. The average Bonchev–Trinajstić information content (AvgIpc) is 1.81. The highest BCUT2D eigenvalue weighted by molar-refractivity contribution is 9.09. The van der Waals surface area contributed by atoms with Crippen molar-refractivity contribution in [3.63, 3.8) is 0 Å². The van der Waals surface area contributed by atoms with Gasteiger partial charge in [0, 0.05) is 5.33 Å². The molecule has 0 bridgehead atoms. The first kappa shape index (κ1) is 9.42. The zero-order valence-corrected chi connectivity index (χ0v) is 6.67. The Hall–Kier alpha value is -0.580. The molecule has 10 heavy (non-hydrogen) atoms. The van der Waals surface area contributed by atoms with Crippen LogP contribution in [0.25, 0.3) is 0 Å². The maximum atomic E-state index is 10.2. The Morgan fingerprint density at radius 2 is 1.90 bits per heavy atom. The number of halogens is 1. The summed E-state index contributed by atoms with van der Waals surface area (Å²) in [5.74, 6) is -3.00. The summed E-state index contributed by atoms with van der Waals surface area (Å²) >= 11 is 2.90. The van der Waals surface area contributed by atoms with Crippen molar-refractivity contribution in [3.8, 4) is 0 Å². The molecule has 0 aliphatic heterocycles. The molecule has 0 fully saturated rings. The molecule has 0 aliphatic rings. The van der Waals surface area contributed by atoms with Crippen molar-refractivity contribution >= 4 is 27.9 Å². The van der Waals surface area contributed by atoms with Crippen LogP contribution in [0, 0.1) is 5.92 Å². The van der Waals surface area contributed by atoms with Crippen molar-refractivity contribution in [1.82, 2.24) is 0 Å². The topological polar surface area (TPSA) is 74.6 Å². The Kier molecular flexibility index (Phi) is 4.02. The van der Waals surface area contributed by atoms with Crippen LogP contribution >= 0.6 is 15.9 Å². The third-order valence-electron chi connectivity index (χ3n) is 0.957. The predicted octanol–water partition coefficient (Wildman–Crippen LogP) is 0.557.